The van der Waals surface area contributed by atoms with Crippen LogP contribution in [-0.2, 0) is 9.53 Å². The SMILES string of the molecule is N[C@H](C(=O)N1CCOCC1CO)c1ccccc1. The van der Waals surface area contributed by atoms with Crippen LogP contribution in [0.25, 0.3) is 0 Å². The molecule has 1 heterocycles. The molecule has 1 amide bonds. The van der Waals surface area contributed by atoms with Gasteiger partial charge in [-0.3, -0.25) is 4.79 Å². The first-order valence-electron chi connectivity index (χ1n) is 6.03. The average molecular weight is 250 g/mol. The summed E-state index contributed by atoms with van der Waals surface area (Å²) < 4.78 is 5.24. The third kappa shape index (κ3) is 2.69. The van der Waals surface area contributed by atoms with Crippen molar-refractivity contribution in [1.82, 2.24) is 4.90 Å². The maximum Gasteiger partial charge on any atom is 0.244 e. The molecular weight excluding hydrogens is 232 g/mol. The first-order valence-corrected chi connectivity index (χ1v) is 6.03. The predicted molar refractivity (Wildman–Crippen MR) is 66.8 cm³/mol. The summed E-state index contributed by atoms with van der Waals surface area (Å²) in [6, 6.07) is 8.27. The van der Waals surface area contributed by atoms with Crippen LogP contribution in [0, 0.1) is 0 Å². The topological polar surface area (TPSA) is 75.8 Å². The Balaban J connectivity index is 2.10. The van der Waals surface area contributed by atoms with Gasteiger partial charge in [0.05, 0.1) is 25.9 Å². The van der Waals surface area contributed by atoms with E-state index in [9.17, 15) is 9.90 Å². The van der Waals surface area contributed by atoms with Gasteiger partial charge >= 0.3 is 0 Å². The van der Waals surface area contributed by atoms with Crippen LogP contribution in [0.4, 0.5) is 0 Å². The third-order valence-electron chi connectivity index (χ3n) is 3.15. The highest BCUT2D eigenvalue weighted by Crippen LogP contribution is 2.16. The summed E-state index contributed by atoms with van der Waals surface area (Å²) >= 11 is 0. The lowest BCUT2D eigenvalue weighted by atomic mass is 10.1. The Morgan fingerprint density at radius 3 is 2.89 bits per heavy atom. The Labute approximate surface area is 106 Å². The van der Waals surface area contributed by atoms with Gasteiger partial charge in [0.15, 0.2) is 0 Å². The Hall–Kier alpha value is -1.43. The highest BCUT2D eigenvalue weighted by molar-refractivity contribution is 5.83. The van der Waals surface area contributed by atoms with Crippen LogP contribution in [0.3, 0.4) is 0 Å². The molecular formula is C13H18N2O3. The molecule has 1 unspecified atom stereocenters. The number of nitrogens with two attached hydrogens (primary N) is 1. The second kappa shape index (κ2) is 5.95. The zero-order chi connectivity index (χ0) is 13.0. The minimum atomic E-state index is -0.682. The molecule has 1 fully saturated rings. The first-order chi connectivity index (χ1) is 8.74. The Bertz CT molecular complexity index is 396. The number of hydrogen-bond donors (Lipinski definition) is 2. The number of aliphatic hydroxyl groups is 1. The molecule has 3 N–H and O–H groups in total. The second-order valence-electron chi connectivity index (χ2n) is 4.33. The van der Waals surface area contributed by atoms with Gasteiger partial charge in [0.1, 0.15) is 6.04 Å². The average Bonchev–Trinajstić information content (AvgIpc) is 2.46. The van der Waals surface area contributed by atoms with E-state index in [0.717, 1.165) is 5.56 Å². The van der Waals surface area contributed by atoms with E-state index in [2.05, 4.69) is 0 Å². The van der Waals surface area contributed by atoms with Gasteiger partial charge < -0.3 is 20.5 Å². The van der Waals surface area contributed by atoms with E-state index < -0.39 is 6.04 Å². The molecule has 18 heavy (non-hydrogen) atoms. The van der Waals surface area contributed by atoms with E-state index in [0.29, 0.717) is 19.8 Å². The molecule has 0 saturated carbocycles. The Morgan fingerprint density at radius 1 is 1.50 bits per heavy atom. The maximum absolute atomic E-state index is 12.3. The van der Waals surface area contributed by atoms with Crippen molar-refractivity contribution >= 4 is 5.91 Å². The van der Waals surface area contributed by atoms with Crippen molar-refractivity contribution < 1.29 is 14.6 Å². The normalized spacial score (nSPS) is 21.7. The molecule has 2 rings (SSSR count). The standard InChI is InChI=1S/C13H18N2O3/c14-12(10-4-2-1-3-5-10)13(17)15-6-7-18-9-11(15)8-16/h1-5,11-12,16H,6-9,14H2/t11?,12-/m0/s1. The van der Waals surface area contributed by atoms with Gasteiger partial charge in [-0.25, -0.2) is 0 Å². The number of benzene rings is 1. The highest BCUT2D eigenvalue weighted by Gasteiger charge is 2.30. The van der Waals surface area contributed by atoms with E-state index in [1.807, 2.05) is 30.3 Å². The van der Waals surface area contributed by atoms with Crippen LogP contribution < -0.4 is 5.73 Å². The zero-order valence-electron chi connectivity index (χ0n) is 10.2. The van der Waals surface area contributed by atoms with E-state index in [-0.39, 0.29) is 18.6 Å². The lowest BCUT2D eigenvalue weighted by molar-refractivity contribution is -0.143. The minimum Gasteiger partial charge on any atom is -0.394 e. The van der Waals surface area contributed by atoms with Crippen LogP contribution in [0.5, 0.6) is 0 Å². The van der Waals surface area contributed by atoms with Crippen molar-refractivity contribution in [1.29, 1.82) is 0 Å². The summed E-state index contributed by atoms with van der Waals surface area (Å²) in [6.45, 7) is 1.23. The first kappa shape index (κ1) is 13.0. The largest absolute Gasteiger partial charge is 0.394 e. The van der Waals surface area contributed by atoms with Crippen LogP contribution in [0.2, 0.25) is 0 Å². The number of ether oxygens (including phenoxy) is 1. The van der Waals surface area contributed by atoms with E-state index in [1.54, 1.807) is 4.90 Å². The van der Waals surface area contributed by atoms with Crippen LogP contribution in [-0.4, -0.2) is 48.3 Å². The number of carbonyl (C=O) groups excluding carboxylic acids is 1. The van der Waals surface area contributed by atoms with E-state index >= 15 is 0 Å². The molecule has 1 aliphatic heterocycles. The van der Waals surface area contributed by atoms with Crippen molar-refractivity contribution in [3.63, 3.8) is 0 Å². The Morgan fingerprint density at radius 2 is 2.22 bits per heavy atom. The summed E-state index contributed by atoms with van der Waals surface area (Å²) in [5.41, 5.74) is 6.76. The number of amides is 1. The summed E-state index contributed by atoms with van der Waals surface area (Å²) in [5.74, 6) is -0.163. The summed E-state index contributed by atoms with van der Waals surface area (Å²) in [7, 11) is 0. The van der Waals surface area contributed by atoms with Gasteiger partial charge in [-0.1, -0.05) is 30.3 Å². The fraction of sp³-hybridized carbons (Fsp3) is 0.462. The van der Waals surface area contributed by atoms with Crippen molar-refractivity contribution in [2.24, 2.45) is 5.73 Å². The number of carbonyl (C=O) groups is 1. The molecule has 0 aliphatic carbocycles. The third-order valence-corrected chi connectivity index (χ3v) is 3.15. The Kier molecular flexibility index (Phi) is 4.30. The van der Waals surface area contributed by atoms with Gasteiger partial charge in [-0.15, -0.1) is 0 Å². The number of nitrogens with zero attached hydrogens (tertiary/aromatic N) is 1. The second-order valence-corrected chi connectivity index (χ2v) is 4.33. The lowest BCUT2D eigenvalue weighted by Crippen LogP contribution is -2.53. The van der Waals surface area contributed by atoms with Crippen molar-refractivity contribution in [2.75, 3.05) is 26.4 Å². The van der Waals surface area contributed by atoms with Gasteiger partial charge in [-0.2, -0.15) is 0 Å². The molecule has 1 aliphatic rings. The molecule has 2 atom stereocenters. The fourth-order valence-electron chi connectivity index (χ4n) is 2.08. The molecule has 0 aromatic heterocycles. The molecule has 5 heteroatoms. The van der Waals surface area contributed by atoms with E-state index in [4.69, 9.17) is 10.5 Å². The van der Waals surface area contributed by atoms with Crippen molar-refractivity contribution in [3.05, 3.63) is 35.9 Å². The summed E-state index contributed by atoms with van der Waals surface area (Å²) in [6.07, 6.45) is 0. The number of rotatable bonds is 3. The molecule has 5 nitrogen and oxygen atoms in total. The molecule has 1 saturated heterocycles. The minimum absolute atomic E-state index is 0.104. The van der Waals surface area contributed by atoms with Crippen LogP contribution in [0.15, 0.2) is 30.3 Å². The molecule has 0 radical (unpaired) electrons. The van der Waals surface area contributed by atoms with Crippen molar-refractivity contribution in [3.8, 4) is 0 Å². The monoisotopic (exact) mass is 250 g/mol. The molecule has 1 aromatic rings. The smallest absolute Gasteiger partial charge is 0.244 e. The van der Waals surface area contributed by atoms with Crippen LogP contribution in [0.1, 0.15) is 11.6 Å². The predicted octanol–water partition coefficient (Wildman–Crippen LogP) is -0.0939. The van der Waals surface area contributed by atoms with Gasteiger partial charge in [0.2, 0.25) is 5.91 Å². The number of morpholine rings is 1. The lowest BCUT2D eigenvalue weighted by Gasteiger charge is -2.36. The van der Waals surface area contributed by atoms with Crippen LogP contribution >= 0.6 is 0 Å². The quantitative estimate of drug-likeness (QED) is 0.786. The fourth-order valence-corrected chi connectivity index (χ4v) is 2.08. The zero-order valence-corrected chi connectivity index (χ0v) is 10.2. The van der Waals surface area contributed by atoms with Gasteiger partial charge in [0.25, 0.3) is 0 Å². The summed E-state index contributed by atoms with van der Waals surface area (Å²) in [5, 5.41) is 9.25. The molecule has 1 aromatic carbocycles. The van der Waals surface area contributed by atoms with Gasteiger partial charge in [0, 0.05) is 6.54 Å². The number of aliphatic hydroxyl groups excluding tert-OH is 1. The van der Waals surface area contributed by atoms with E-state index in [1.165, 1.54) is 0 Å². The number of hydrogen-bond acceptors (Lipinski definition) is 4. The van der Waals surface area contributed by atoms with Gasteiger partial charge in [-0.05, 0) is 5.56 Å². The van der Waals surface area contributed by atoms with Crippen molar-refractivity contribution in [2.45, 2.75) is 12.1 Å². The maximum atomic E-state index is 12.3. The molecule has 0 spiro atoms. The molecule has 0 bridgehead atoms. The molecule has 98 valence electrons. The highest BCUT2D eigenvalue weighted by atomic mass is 16.5. The summed E-state index contributed by atoms with van der Waals surface area (Å²) in [4.78, 5) is 13.9.